The van der Waals surface area contributed by atoms with Gasteiger partial charge in [-0.2, -0.15) is 21.6 Å². The fraction of sp³-hybridized carbons (Fsp3) is 0.409. The first-order valence-corrected chi connectivity index (χ1v) is 12.1. The number of rotatable bonds is 4. The summed E-state index contributed by atoms with van der Waals surface area (Å²) < 4.78 is 66.4. The minimum atomic E-state index is -6.15. The molecule has 11 nitrogen and oxygen atoms in total. The van der Waals surface area contributed by atoms with E-state index in [1.807, 2.05) is 0 Å². The number of aliphatic hydroxyl groups excluding tert-OH is 2. The van der Waals surface area contributed by atoms with Crippen molar-refractivity contribution in [3.05, 3.63) is 46.2 Å². The smallest absolute Gasteiger partial charge is 0.508 e. The number of Topliss-reactive ketones (excluding diaryl/α,β-unsaturated/α-hetero) is 2. The topological polar surface area (TPSA) is 185 Å². The highest BCUT2D eigenvalue weighted by Crippen LogP contribution is 2.53. The summed E-state index contributed by atoms with van der Waals surface area (Å²) in [4.78, 5) is 39.6. The van der Waals surface area contributed by atoms with E-state index < -0.39 is 97.0 Å². The van der Waals surface area contributed by atoms with E-state index in [1.54, 1.807) is 0 Å². The van der Waals surface area contributed by atoms with E-state index in [9.17, 15) is 51.3 Å². The van der Waals surface area contributed by atoms with Crippen LogP contribution in [-0.2, 0) is 30.9 Å². The Morgan fingerprint density at radius 1 is 1.19 bits per heavy atom. The van der Waals surface area contributed by atoms with Crippen molar-refractivity contribution in [2.75, 3.05) is 14.1 Å². The van der Waals surface area contributed by atoms with Crippen molar-refractivity contribution in [1.29, 1.82) is 0 Å². The maximum Gasteiger partial charge on any atom is 0.534 e. The second-order valence-corrected chi connectivity index (χ2v) is 10.8. The van der Waals surface area contributed by atoms with Gasteiger partial charge in [-0.25, -0.2) is 0 Å². The van der Waals surface area contributed by atoms with Crippen LogP contribution in [0.3, 0.4) is 0 Å². The molecule has 1 fully saturated rings. The van der Waals surface area contributed by atoms with Crippen LogP contribution in [0.2, 0.25) is 0 Å². The van der Waals surface area contributed by atoms with Gasteiger partial charge in [-0.05, 0) is 32.1 Å². The molecular weight excluding hydrogens is 525 g/mol. The van der Waals surface area contributed by atoms with Gasteiger partial charge in [-0.3, -0.25) is 14.4 Å². The number of ketones is 2. The first kappa shape index (κ1) is 26.6. The zero-order valence-electron chi connectivity index (χ0n) is 19.2. The second kappa shape index (κ2) is 8.29. The Balaban J connectivity index is 1.98. The molecule has 4 rings (SSSR count). The first-order valence-electron chi connectivity index (χ1n) is 10.7. The Labute approximate surface area is 207 Å². The zero-order chi connectivity index (χ0) is 27.8. The van der Waals surface area contributed by atoms with Gasteiger partial charge in [0.2, 0.25) is 5.78 Å². The first-order chi connectivity index (χ1) is 16.9. The number of nitrogens with zero attached hydrogens (tertiary/aromatic N) is 1. The van der Waals surface area contributed by atoms with Crippen LogP contribution in [-0.4, -0.2) is 77.4 Å². The van der Waals surface area contributed by atoms with E-state index in [2.05, 4.69) is 4.18 Å². The molecule has 200 valence electrons. The van der Waals surface area contributed by atoms with Crippen molar-refractivity contribution in [2.24, 2.45) is 17.6 Å². The number of benzene rings is 1. The second-order valence-electron chi connectivity index (χ2n) is 9.22. The molecule has 1 aromatic rings. The van der Waals surface area contributed by atoms with Crippen molar-refractivity contribution < 1.29 is 55.5 Å². The maximum absolute atomic E-state index is 13.7. The molecule has 5 N–H and O–H groups in total. The molecule has 3 aliphatic rings. The summed E-state index contributed by atoms with van der Waals surface area (Å²) in [5.74, 6) is -9.06. The molecule has 3 aliphatic carbocycles. The molecule has 4 atom stereocenters. The van der Waals surface area contributed by atoms with E-state index in [0.717, 1.165) is 6.07 Å². The Morgan fingerprint density at radius 2 is 1.81 bits per heavy atom. The number of hydrogen-bond acceptors (Lipinski definition) is 10. The SMILES string of the molecule is CN(C)[C@H]1C2Cc3cccc(OS(=O)(=O)C(F)(F)F)c3C(O)=C2C(=O)[C@]2(O)C(O)=C(C(N)=O)C(=O)CC12. The predicted molar refractivity (Wildman–Crippen MR) is 118 cm³/mol. The van der Waals surface area contributed by atoms with Gasteiger partial charge >= 0.3 is 15.6 Å². The number of alkyl halides is 3. The van der Waals surface area contributed by atoms with E-state index >= 15 is 0 Å². The van der Waals surface area contributed by atoms with Crippen molar-refractivity contribution in [3.63, 3.8) is 0 Å². The van der Waals surface area contributed by atoms with Gasteiger partial charge in [-0.1, -0.05) is 12.1 Å². The zero-order valence-corrected chi connectivity index (χ0v) is 20.1. The molecule has 0 heterocycles. The molecule has 1 aromatic carbocycles. The minimum absolute atomic E-state index is 0.130. The van der Waals surface area contributed by atoms with Crippen molar-refractivity contribution in [1.82, 2.24) is 4.90 Å². The summed E-state index contributed by atoms with van der Waals surface area (Å²) in [5, 5.41) is 33.4. The summed E-state index contributed by atoms with van der Waals surface area (Å²) in [6, 6.07) is 2.50. The highest BCUT2D eigenvalue weighted by molar-refractivity contribution is 7.88. The fourth-order valence-electron chi connectivity index (χ4n) is 5.52. The van der Waals surface area contributed by atoms with Crippen molar-refractivity contribution in [3.8, 4) is 5.75 Å². The van der Waals surface area contributed by atoms with Crippen LogP contribution < -0.4 is 9.92 Å². The van der Waals surface area contributed by atoms with Crippen LogP contribution in [0.1, 0.15) is 17.5 Å². The number of amides is 1. The van der Waals surface area contributed by atoms with Crippen molar-refractivity contribution in [2.45, 2.75) is 30.0 Å². The van der Waals surface area contributed by atoms with Crippen LogP contribution in [0.25, 0.3) is 5.76 Å². The van der Waals surface area contributed by atoms with Gasteiger partial charge < -0.3 is 30.1 Å². The Bertz CT molecular complexity index is 1410. The summed E-state index contributed by atoms with van der Waals surface area (Å²) in [5.41, 5.74) is -5.44. The van der Waals surface area contributed by atoms with Crippen LogP contribution in [0.15, 0.2) is 35.1 Å². The van der Waals surface area contributed by atoms with Crippen molar-refractivity contribution >= 4 is 33.4 Å². The highest BCUT2D eigenvalue weighted by atomic mass is 32.2. The summed E-state index contributed by atoms with van der Waals surface area (Å²) >= 11 is 0. The van der Waals surface area contributed by atoms with Gasteiger partial charge in [0.05, 0.1) is 5.56 Å². The maximum atomic E-state index is 13.7. The molecule has 0 aromatic heterocycles. The lowest BCUT2D eigenvalue weighted by Gasteiger charge is -2.52. The predicted octanol–water partition coefficient (Wildman–Crippen LogP) is 0.487. The number of carbonyl (C=O) groups is 3. The normalized spacial score (nSPS) is 28.1. The third-order valence-corrected chi connectivity index (χ3v) is 7.94. The van der Waals surface area contributed by atoms with Gasteiger partial charge in [-0.15, -0.1) is 0 Å². The number of halogens is 3. The molecule has 0 saturated heterocycles. The molecular formula is C22H21F3N2O9S. The molecule has 0 aliphatic heterocycles. The number of nitrogens with two attached hydrogens (primary N) is 1. The molecule has 15 heteroatoms. The molecule has 2 unspecified atom stereocenters. The van der Waals surface area contributed by atoms with Crippen LogP contribution in [0.5, 0.6) is 5.75 Å². The van der Waals surface area contributed by atoms with E-state index in [4.69, 9.17) is 5.73 Å². The quantitative estimate of drug-likeness (QED) is 0.235. The Morgan fingerprint density at radius 3 is 2.35 bits per heavy atom. The van der Waals surface area contributed by atoms with Gasteiger partial charge in [0.15, 0.2) is 17.1 Å². The number of aliphatic hydroxyl groups is 3. The lowest BCUT2D eigenvalue weighted by atomic mass is 9.56. The number of fused-ring (bicyclic) bond motifs is 3. The number of primary amides is 1. The van der Waals surface area contributed by atoms with Crippen LogP contribution in [0.4, 0.5) is 13.2 Å². The average molecular weight is 546 g/mol. The molecule has 37 heavy (non-hydrogen) atoms. The third-order valence-electron chi connectivity index (χ3n) is 6.97. The minimum Gasteiger partial charge on any atom is -0.508 e. The summed E-state index contributed by atoms with van der Waals surface area (Å²) in [7, 11) is -3.08. The standard InChI is InChI=1S/C22H21F3N2O9S/c1-27(2)16-9-6-8-4-3-5-12(36-37(34,35)22(23,24)25)13(8)17(29)14(9)18(30)21(33)10(16)7-11(28)15(19(21)31)20(26)32/h3-5,9-10,16,29,31,33H,6-7H2,1-2H3,(H2,26,32)/t9?,10?,16-,21-/m0/s1. The van der Waals surface area contributed by atoms with Gasteiger partial charge in [0.1, 0.15) is 17.1 Å². The monoisotopic (exact) mass is 546 g/mol. The van der Waals surface area contributed by atoms with Gasteiger partial charge in [0, 0.05) is 29.9 Å². The van der Waals surface area contributed by atoms with E-state index in [0.29, 0.717) is 0 Å². The number of carbonyl (C=O) groups excluding carboxylic acids is 3. The molecule has 0 radical (unpaired) electrons. The van der Waals surface area contributed by atoms with Crippen LogP contribution in [0, 0.1) is 11.8 Å². The highest BCUT2D eigenvalue weighted by Gasteiger charge is 2.64. The Kier molecular flexibility index (Phi) is 5.97. The third kappa shape index (κ3) is 3.71. The summed E-state index contributed by atoms with van der Waals surface area (Å²) in [6.07, 6.45) is -0.696. The lowest BCUT2D eigenvalue weighted by Crippen LogP contribution is -2.66. The Hall–Kier alpha value is -3.43. The van der Waals surface area contributed by atoms with E-state index in [1.165, 1.54) is 31.1 Å². The molecule has 1 saturated carbocycles. The molecule has 1 amide bonds. The van der Waals surface area contributed by atoms with Crippen LogP contribution >= 0.6 is 0 Å². The lowest BCUT2D eigenvalue weighted by molar-refractivity contribution is -0.153. The summed E-state index contributed by atoms with van der Waals surface area (Å²) in [6.45, 7) is 0. The van der Waals surface area contributed by atoms with Gasteiger partial charge in [0.25, 0.3) is 5.91 Å². The fourth-order valence-corrected chi connectivity index (χ4v) is 5.99. The van der Waals surface area contributed by atoms with E-state index in [-0.39, 0.29) is 12.0 Å². The average Bonchev–Trinajstić information content (AvgIpc) is 2.75. The largest absolute Gasteiger partial charge is 0.534 e. The molecule has 0 spiro atoms. The molecule has 0 bridgehead atoms. The number of hydrogen-bond donors (Lipinski definition) is 4.